The fourth-order valence-corrected chi connectivity index (χ4v) is 7.17. The van der Waals surface area contributed by atoms with E-state index in [2.05, 4.69) is 33.0 Å². The molecular weight excluding hydrogens is 452 g/mol. The third-order valence-corrected chi connectivity index (χ3v) is 8.94. The zero-order chi connectivity index (χ0) is 23.9. The van der Waals surface area contributed by atoms with Gasteiger partial charge in [0.05, 0.1) is 11.9 Å². The van der Waals surface area contributed by atoms with Crippen molar-refractivity contribution in [3.05, 3.63) is 40.7 Å². The van der Waals surface area contributed by atoms with E-state index in [-0.39, 0.29) is 6.04 Å². The van der Waals surface area contributed by atoms with Crippen LogP contribution in [0.25, 0.3) is 0 Å². The Hall–Kier alpha value is -2.59. The third kappa shape index (κ3) is 4.40. The van der Waals surface area contributed by atoms with Gasteiger partial charge in [0, 0.05) is 38.1 Å². The molecule has 34 heavy (non-hydrogen) atoms. The summed E-state index contributed by atoms with van der Waals surface area (Å²) in [6.07, 6.45) is 10.6. The molecule has 2 amide bonds. The van der Waals surface area contributed by atoms with E-state index in [1.807, 2.05) is 0 Å². The Balaban J connectivity index is 1.39. The fraction of sp³-hybridized carbons (Fsp3) is 0.583. The number of aromatic nitrogens is 2. The molecule has 2 N–H and O–H groups in total. The van der Waals surface area contributed by atoms with Gasteiger partial charge in [0.15, 0.2) is 0 Å². The van der Waals surface area contributed by atoms with Gasteiger partial charge in [-0.25, -0.2) is 13.8 Å². The van der Waals surface area contributed by atoms with Crippen molar-refractivity contribution >= 4 is 27.6 Å². The van der Waals surface area contributed by atoms with Crippen molar-refractivity contribution in [1.29, 1.82) is 0 Å². The summed E-state index contributed by atoms with van der Waals surface area (Å²) >= 11 is 0. The molecule has 0 saturated carbocycles. The van der Waals surface area contributed by atoms with Crippen LogP contribution >= 0.6 is 0 Å². The summed E-state index contributed by atoms with van der Waals surface area (Å²) < 4.78 is 32.4. The summed E-state index contributed by atoms with van der Waals surface area (Å²) in [5, 5.41) is 7.12. The first-order valence-corrected chi connectivity index (χ1v) is 13.8. The molecule has 1 fully saturated rings. The first kappa shape index (κ1) is 23.2. The van der Waals surface area contributed by atoms with E-state index in [0.717, 1.165) is 63.8 Å². The van der Waals surface area contributed by atoms with Gasteiger partial charge in [-0.2, -0.15) is 13.5 Å². The maximum Gasteiger partial charge on any atom is 0.334 e. The van der Waals surface area contributed by atoms with Gasteiger partial charge in [-0.1, -0.05) is 13.0 Å². The minimum Gasteiger partial charge on any atom is -0.307 e. The van der Waals surface area contributed by atoms with Crippen molar-refractivity contribution < 1.29 is 13.2 Å². The van der Waals surface area contributed by atoms with E-state index < -0.39 is 16.2 Å². The normalized spacial score (nSPS) is 18.5. The van der Waals surface area contributed by atoms with Crippen LogP contribution in [0.5, 0.6) is 0 Å². The largest absolute Gasteiger partial charge is 0.334 e. The van der Waals surface area contributed by atoms with Crippen LogP contribution in [0.2, 0.25) is 0 Å². The number of aryl methyl sites for hydroxylation is 3. The molecule has 2 heterocycles. The Labute approximate surface area is 201 Å². The summed E-state index contributed by atoms with van der Waals surface area (Å²) in [7, 11) is -2.38. The molecule has 9 nitrogen and oxygen atoms in total. The van der Waals surface area contributed by atoms with Crippen molar-refractivity contribution in [3.63, 3.8) is 0 Å². The number of fused-ring (bicyclic) bond motifs is 2. The molecule has 1 aromatic heterocycles. The highest BCUT2D eigenvalue weighted by Crippen LogP contribution is 2.38. The summed E-state index contributed by atoms with van der Waals surface area (Å²) in [6.45, 7) is 4.70. The van der Waals surface area contributed by atoms with Gasteiger partial charge < -0.3 is 10.2 Å². The lowest BCUT2D eigenvalue weighted by Gasteiger charge is -2.37. The SMILES string of the molecule is CCN1CCC(N(c2cnn(C)c2)S(=O)(=O)NC(=O)Nc2c3c(cc4c2CCC4)CCC3)CC1. The molecule has 1 aromatic carbocycles. The molecule has 0 atom stereocenters. The minimum atomic E-state index is -4.13. The fourth-order valence-electron chi connectivity index (χ4n) is 5.81. The molecule has 0 unspecified atom stereocenters. The molecule has 1 aliphatic heterocycles. The lowest BCUT2D eigenvalue weighted by Crippen LogP contribution is -2.53. The molecule has 1 saturated heterocycles. The summed E-state index contributed by atoms with van der Waals surface area (Å²) in [6, 6.07) is 1.36. The summed E-state index contributed by atoms with van der Waals surface area (Å²) in [4.78, 5) is 15.4. The third-order valence-electron chi connectivity index (χ3n) is 7.47. The van der Waals surface area contributed by atoms with Gasteiger partial charge in [-0.3, -0.25) is 4.68 Å². The highest BCUT2D eigenvalue weighted by Gasteiger charge is 2.35. The number of hydrogen-bond donors (Lipinski definition) is 2. The van der Waals surface area contributed by atoms with Crippen LogP contribution in [0, 0.1) is 0 Å². The number of benzene rings is 1. The molecule has 2 aromatic rings. The van der Waals surface area contributed by atoms with Gasteiger partial charge in [0.2, 0.25) is 0 Å². The number of urea groups is 1. The Bertz CT molecular complexity index is 1150. The van der Waals surface area contributed by atoms with Crippen LogP contribution < -0.4 is 14.3 Å². The van der Waals surface area contributed by atoms with Crippen molar-refractivity contribution in [2.75, 3.05) is 29.3 Å². The molecule has 184 valence electrons. The monoisotopic (exact) mass is 486 g/mol. The second-order valence-corrected chi connectivity index (χ2v) is 11.2. The average Bonchev–Trinajstić information content (AvgIpc) is 3.55. The Kier molecular flexibility index (Phi) is 6.28. The maximum atomic E-state index is 13.6. The van der Waals surface area contributed by atoms with E-state index >= 15 is 0 Å². The number of nitrogens with zero attached hydrogens (tertiary/aromatic N) is 4. The van der Waals surface area contributed by atoms with Crippen molar-refractivity contribution in [1.82, 2.24) is 19.4 Å². The van der Waals surface area contributed by atoms with Gasteiger partial charge in [-0.05, 0) is 80.2 Å². The van der Waals surface area contributed by atoms with Crippen LogP contribution in [-0.4, -0.2) is 54.8 Å². The Morgan fingerprint density at radius 2 is 1.76 bits per heavy atom. The highest BCUT2D eigenvalue weighted by molar-refractivity contribution is 7.91. The van der Waals surface area contributed by atoms with E-state index in [1.54, 1.807) is 24.1 Å². The van der Waals surface area contributed by atoms with Crippen LogP contribution in [-0.2, 0) is 42.9 Å². The van der Waals surface area contributed by atoms with E-state index in [0.29, 0.717) is 18.5 Å². The molecule has 5 rings (SSSR count). The number of anilines is 2. The lowest BCUT2D eigenvalue weighted by atomic mass is 9.99. The molecule has 0 radical (unpaired) electrons. The lowest BCUT2D eigenvalue weighted by molar-refractivity contribution is 0.224. The van der Waals surface area contributed by atoms with Gasteiger partial charge >= 0.3 is 16.2 Å². The van der Waals surface area contributed by atoms with Crippen LogP contribution in [0.15, 0.2) is 18.5 Å². The van der Waals surface area contributed by atoms with Gasteiger partial charge in [0.25, 0.3) is 0 Å². The van der Waals surface area contributed by atoms with Gasteiger partial charge in [-0.15, -0.1) is 0 Å². The topological polar surface area (TPSA) is 99.6 Å². The molecule has 0 bridgehead atoms. The van der Waals surface area contributed by atoms with Crippen molar-refractivity contribution in [2.45, 2.75) is 64.3 Å². The van der Waals surface area contributed by atoms with Crippen molar-refractivity contribution in [2.24, 2.45) is 7.05 Å². The summed E-state index contributed by atoms with van der Waals surface area (Å²) in [5.74, 6) is 0. The number of amides is 2. The predicted octanol–water partition coefficient (Wildman–Crippen LogP) is 2.75. The molecule has 10 heteroatoms. The smallest absolute Gasteiger partial charge is 0.307 e. The second-order valence-electron chi connectivity index (χ2n) is 9.63. The van der Waals surface area contributed by atoms with E-state index in [1.165, 1.54) is 26.6 Å². The number of likely N-dealkylation sites (tertiary alicyclic amines) is 1. The zero-order valence-electron chi connectivity index (χ0n) is 20.0. The van der Waals surface area contributed by atoms with E-state index in [9.17, 15) is 13.2 Å². The quantitative estimate of drug-likeness (QED) is 0.654. The maximum absolute atomic E-state index is 13.6. The predicted molar refractivity (Wildman–Crippen MR) is 132 cm³/mol. The van der Waals surface area contributed by atoms with E-state index in [4.69, 9.17) is 0 Å². The number of carbonyl (C=O) groups excluding carboxylic acids is 1. The number of piperidine rings is 1. The van der Waals surface area contributed by atoms with Crippen LogP contribution in [0.3, 0.4) is 0 Å². The average molecular weight is 487 g/mol. The number of carbonyl (C=O) groups is 1. The number of rotatable bonds is 6. The number of nitrogens with one attached hydrogen (secondary N) is 2. The molecule has 3 aliphatic rings. The Morgan fingerprint density at radius 3 is 2.32 bits per heavy atom. The Morgan fingerprint density at radius 1 is 1.12 bits per heavy atom. The zero-order valence-corrected chi connectivity index (χ0v) is 20.8. The van der Waals surface area contributed by atoms with Gasteiger partial charge in [0.1, 0.15) is 0 Å². The first-order chi connectivity index (χ1) is 16.4. The first-order valence-electron chi connectivity index (χ1n) is 12.4. The number of hydrogen-bond acceptors (Lipinski definition) is 5. The van der Waals surface area contributed by atoms with Crippen molar-refractivity contribution in [3.8, 4) is 0 Å². The molecule has 0 spiro atoms. The second kappa shape index (κ2) is 9.22. The molecule has 2 aliphatic carbocycles. The summed E-state index contributed by atoms with van der Waals surface area (Å²) in [5.41, 5.74) is 6.23. The van der Waals surface area contributed by atoms with Crippen LogP contribution in [0.1, 0.15) is 54.9 Å². The molecular formula is C24H34N6O3S. The minimum absolute atomic E-state index is 0.234. The standard InChI is InChI=1S/C24H34N6O3S/c1-3-29-12-10-19(11-13-29)30(20-15-25-28(2)16-20)34(32,33)27-24(31)26-23-21-8-4-6-17(21)14-18-7-5-9-22(18)23/h14-16,19H,3-13H2,1-2H3,(H2,26,27,31). The highest BCUT2D eigenvalue weighted by atomic mass is 32.2. The van der Waals surface area contributed by atoms with Crippen LogP contribution in [0.4, 0.5) is 16.2 Å².